The topological polar surface area (TPSA) is 88.0 Å². The molecule has 6 nitrogen and oxygen atoms in total. The minimum absolute atomic E-state index is 0.0102. The Hall–Kier alpha value is -1.92. The molecule has 0 amide bonds. The molecule has 1 saturated carbocycles. The van der Waals surface area contributed by atoms with Crippen molar-refractivity contribution in [1.82, 2.24) is 15.0 Å². The number of hydrogen-bond donors (Lipinski definition) is 2. The third kappa shape index (κ3) is 3.13. The van der Waals surface area contributed by atoms with Crippen LogP contribution in [-0.4, -0.2) is 26.0 Å². The van der Waals surface area contributed by atoms with Crippen molar-refractivity contribution >= 4 is 35.0 Å². The number of pyridine rings is 1. The summed E-state index contributed by atoms with van der Waals surface area (Å²) >= 11 is 12.1. The number of aromatic carboxylic acids is 1. The summed E-state index contributed by atoms with van der Waals surface area (Å²) in [5.41, 5.74) is 0.442. The molecule has 2 aromatic rings. The van der Waals surface area contributed by atoms with Crippen LogP contribution in [0.1, 0.15) is 40.8 Å². The van der Waals surface area contributed by atoms with Gasteiger partial charge in [-0.2, -0.15) is 0 Å². The lowest BCUT2D eigenvalue weighted by Crippen LogP contribution is -2.11. The van der Waals surface area contributed by atoms with E-state index >= 15 is 0 Å². The van der Waals surface area contributed by atoms with E-state index < -0.39 is 5.97 Å². The Morgan fingerprint density at radius 2 is 2.14 bits per heavy atom. The maximum absolute atomic E-state index is 11.3. The molecule has 2 N–H and O–H groups in total. The molecule has 1 fully saturated rings. The maximum Gasteiger partial charge on any atom is 0.356 e. The van der Waals surface area contributed by atoms with Crippen molar-refractivity contribution in [2.24, 2.45) is 0 Å². The van der Waals surface area contributed by atoms with Gasteiger partial charge in [0.1, 0.15) is 16.7 Å². The van der Waals surface area contributed by atoms with Crippen LogP contribution in [0.4, 0.5) is 5.82 Å². The summed E-state index contributed by atoms with van der Waals surface area (Å²) < 4.78 is 0. The van der Waals surface area contributed by atoms with Crippen LogP contribution in [-0.2, 0) is 6.54 Å². The van der Waals surface area contributed by atoms with Gasteiger partial charge in [0.2, 0.25) is 0 Å². The Morgan fingerprint density at radius 3 is 2.77 bits per heavy atom. The minimum atomic E-state index is -1.17. The van der Waals surface area contributed by atoms with E-state index in [1.54, 1.807) is 18.3 Å². The van der Waals surface area contributed by atoms with E-state index in [-0.39, 0.29) is 22.5 Å². The van der Waals surface area contributed by atoms with Crippen LogP contribution in [0.3, 0.4) is 0 Å². The van der Waals surface area contributed by atoms with E-state index in [1.165, 1.54) is 0 Å². The van der Waals surface area contributed by atoms with Crippen LogP contribution in [0.25, 0.3) is 0 Å². The average molecular weight is 339 g/mol. The molecule has 0 bridgehead atoms. The summed E-state index contributed by atoms with van der Waals surface area (Å²) in [4.78, 5) is 23.8. The van der Waals surface area contributed by atoms with Gasteiger partial charge in [0.05, 0.1) is 17.3 Å². The number of carbonyl (C=O) groups is 1. The number of halogens is 2. The molecule has 0 atom stereocenters. The first-order chi connectivity index (χ1) is 10.6. The van der Waals surface area contributed by atoms with Gasteiger partial charge in [-0.3, -0.25) is 4.98 Å². The first kappa shape index (κ1) is 15.0. The number of carboxylic acids is 1. The lowest BCUT2D eigenvalue weighted by Gasteiger charge is -2.11. The van der Waals surface area contributed by atoms with E-state index in [1.807, 2.05) is 0 Å². The molecule has 2 heterocycles. The van der Waals surface area contributed by atoms with E-state index in [9.17, 15) is 9.90 Å². The number of nitrogens with zero attached hydrogens (tertiary/aromatic N) is 3. The summed E-state index contributed by atoms with van der Waals surface area (Å²) in [6, 6.07) is 3.46. The van der Waals surface area contributed by atoms with Crippen molar-refractivity contribution in [2.45, 2.75) is 25.3 Å². The predicted octanol–water partition coefficient (Wildman–Crippen LogP) is 3.37. The Labute approximate surface area is 136 Å². The Morgan fingerprint density at radius 1 is 1.36 bits per heavy atom. The third-order valence-corrected chi connectivity index (χ3v) is 3.97. The van der Waals surface area contributed by atoms with Crippen molar-refractivity contribution in [3.05, 3.63) is 45.6 Å². The molecule has 0 unspecified atom stereocenters. The molecule has 2 aromatic heterocycles. The van der Waals surface area contributed by atoms with Crippen LogP contribution < -0.4 is 5.32 Å². The minimum Gasteiger partial charge on any atom is -0.476 e. The van der Waals surface area contributed by atoms with E-state index in [2.05, 4.69) is 20.3 Å². The fourth-order valence-corrected chi connectivity index (χ4v) is 2.38. The van der Waals surface area contributed by atoms with Crippen LogP contribution >= 0.6 is 23.2 Å². The zero-order chi connectivity index (χ0) is 15.7. The fourth-order valence-electron chi connectivity index (χ4n) is 1.96. The fraction of sp³-hybridized carbons (Fsp3) is 0.286. The summed E-state index contributed by atoms with van der Waals surface area (Å²) in [6.45, 7) is 0.291. The van der Waals surface area contributed by atoms with Crippen LogP contribution in [0, 0.1) is 0 Å². The van der Waals surface area contributed by atoms with E-state index in [4.69, 9.17) is 23.2 Å². The molecule has 0 saturated heterocycles. The molecular weight excluding hydrogens is 327 g/mol. The third-order valence-electron chi connectivity index (χ3n) is 3.27. The highest BCUT2D eigenvalue weighted by atomic mass is 35.5. The molecular formula is C14H12Cl2N4O2. The lowest BCUT2D eigenvalue weighted by molar-refractivity contribution is 0.0690. The highest BCUT2D eigenvalue weighted by Crippen LogP contribution is 2.39. The summed E-state index contributed by atoms with van der Waals surface area (Å²) in [6.07, 6.45) is 3.56. The van der Waals surface area contributed by atoms with Crippen LogP contribution in [0.5, 0.6) is 0 Å². The molecule has 0 aromatic carbocycles. The maximum atomic E-state index is 11.3. The molecule has 0 spiro atoms. The molecule has 0 radical (unpaired) electrons. The molecule has 0 aliphatic heterocycles. The number of aromatic nitrogens is 3. The number of nitrogens with one attached hydrogen (secondary N) is 1. The summed E-state index contributed by atoms with van der Waals surface area (Å²) in [5, 5.41) is 12.7. The van der Waals surface area contributed by atoms with E-state index in [0.717, 1.165) is 12.8 Å². The molecule has 3 rings (SSSR count). The zero-order valence-corrected chi connectivity index (χ0v) is 12.9. The largest absolute Gasteiger partial charge is 0.476 e. The van der Waals surface area contributed by atoms with Crippen molar-refractivity contribution in [1.29, 1.82) is 0 Å². The number of anilines is 1. The molecule has 8 heteroatoms. The van der Waals surface area contributed by atoms with E-state index in [0.29, 0.717) is 23.1 Å². The Balaban J connectivity index is 1.89. The summed E-state index contributed by atoms with van der Waals surface area (Å²) in [7, 11) is 0. The van der Waals surface area contributed by atoms with Gasteiger partial charge < -0.3 is 10.4 Å². The number of carboxylic acid groups (broad SMARTS) is 1. The number of rotatable bonds is 5. The van der Waals surface area contributed by atoms with Crippen molar-refractivity contribution < 1.29 is 9.90 Å². The van der Waals surface area contributed by atoms with Crippen molar-refractivity contribution in [3.63, 3.8) is 0 Å². The second kappa shape index (κ2) is 6.06. The predicted molar refractivity (Wildman–Crippen MR) is 82.6 cm³/mol. The van der Waals surface area contributed by atoms with Gasteiger partial charge in [-0.15, -0.1) is 0 Å². The standard InChI is InChI=1S/C14H12Cl2N4O2/c15-8-2-1-5-17-9(8)6-18-13-10(16)11(14(21)22)19-12(20-13)7-3-4-7/h1-2,5,7H,3-4,6H2,(H,21,22)(H,18,19,20). The SMILES string of the molecule is O=C(O)c1nc(C2CC2)nc(NCc2ncccc2Cl)c1Cl. The van der Waals surface area contributed by atoms with Crippen molar-refractivity contribution in [3.8, 4) is 0 Å². The first-order valence-corrected chi connectivity index (χ1v) is 7.46. The second-order valence-electron chi connectivity index (χ2n) is 4.96. The first-order valence-electron chi connectivity index (χ1n) is 6.70. The van der Waals surface area contributed by atoms with Gasteiger partial charge >= 0.3 is 5.97 Å². The smallest absolute Gasteiger partial charge is 0.356 e. The molecule has 22 heavy (non-hydrogen) atoms. The lowest BCUT2D eigenvalue weighted by atomic mass is 10.3. The zero-order valence-electron chi connectivity index (χ0n) is 11.4. The van der Waals surface area contributed by atoms with Gasteiger partial charge in [-0.25, -0.2) is 14.8 Å². The normalized spacial score (nSPS) is 13.9. The van der Waals surface area contributed by atoms with Gasteiger partial charge in [0.15, 0.2) is 5.69 Å². The van der Waals surface area contributed by atoms with Crippen molar-refractivity contribution in [2.75, 3.05) is 5.32 Å². The average Bonchev–Trinajstić information content (AvgIpc) is 3.32. The quantitative estimate of drug-likeness (QED) is 0.868. The second-order valence-corrected chi connectivity index (χ2v) is 5.74. The van der Waals surface area contributed by atoms with Gasteiger partial charge in [0, 0.05) is 12.1 Å². The van der Waals surface area contributed by atoms with Crippen LogP contribution in [0.15, 0.2) is 18.3 Å². The molecule has 1 aliphatic rings. The Kier molecular flexibility index (Phi) is 4.13. The molecule has 114 valence electrons. The monoisotopic (exact) mass is 338 g/mol. The summed E-state index contributed by atoms with van der Waals surface area (Å²) in [5.74, 6) is -0.156. The Bertz CT molecular complexity index is 735. The highest BCUT2D eigenvalue weighted by molar-refractivity contribution is 6.35. The highest BCUT2D eigenvalue weighted by Gasteiger charge is 2.29. The number of hydrogen-bond acceptors (Lipinski definition) is 5. The van der Waals surface area contributed by atoms with Gasteiger partial charge in [-0.05, 0) is 25.0 Å². The molecule has 1 aliphatic carbocycles. The van der Waals surface area contributed by atoms with Gasteiger partial charge in [-0.1, -0.05) is 23.2 Å². The van der Waals surface area contributed by atoms with Crippen LogP contribution in [0.2, 0.25) is 10.0 Å². The van der Waals surface area contributed by atoms with Gasteiger partial charge in [0.25, 0.3) is 0 Å².